The third kappa shape index (κ3) is 4.87. The first-order valence-electron chi connectivity index (χ1n) is 8.94. The second kappa shape index (κ2) is 8.84. The van der Waals surface area contributed by atoms with Gasteiger partial charge in [0.05, 0.1) is 18.4 Å². The van der Waals surface area contributed by atoms with Crippen molar-refractivity contribution in [2.75, 3.05) is 17.7 Å². The van der Waals surface area contributed by atoms with Crippen LogP contribution < -0.4 is 10.6 Å². The highest BCUT2D eigenvalue weighted by Crippen LogP contribution is 2.18. The molecule has 0 aliphatic heterocycles. The van der Waals surface area contributed by atoms with Crippen molar-refractivity contribution < 1.29 is 19.1 Å². The molecule has 0 radical (unpaired) electrons. The third-order valence-electron chi connectivity index (χ3n) is 4.30. The summed E-state index contributed by atoms with van der Waals surface area (Å²) >= 11 is 0. The zero-order chi connectivity index (χ0) is 20.8. The van der Waals surface area contributed by atoms with E-state index in [0.29, 0.717) is 22.5 Å². The van der Waals surface area contributed by atoms with Gasteiger partial charge >= 0.3 is 5.97 Å². The Kier molecular flexibility index (Phi) is 6.04. The van der Waals surface area contributed by atoms with Gasteiger partial charge in [-0.15, -0.1) is 0 Å². The third-order valence-corrected chi connectivity index (χ3v) is 4.30. The first-order chi connectivity index (χ1) is 14.0. The predicted molar refractivity (Wildman–Crippen MR) is 111 cm³/mol. The molecule has 0 saturated heterocycles. The number of hydrogen-bond acceptors (Lipinski definition) is 4. The van der Waals surface area contributed by atoms with Gasteiger partial charge in [-0.2, -0.15) is 0 Å². The zero-order valence-electron chi connectivity index (χ0n) is 16.1. The van der Waals surface area contributed by atoms with Gasteiger partial charge in [0.1, 0.15) is 0 Å². The van der Waals surface area contributed by atoms with Gasteiger partial charge < -0.3 is 15.4 Å². The molecule has 0 aromatic heterocycles. The molecule has 0 saturated carbocycles. The number of aryl methyl sites for hydroxylation is 1. The lowest BCUT2D eigenvalue weighted by Crippen LogP contribution is -2.16. The molecule has 2 N–H and O–H groups in total. The Labute approximate surface area is 168 Å². The Balaban J connectivity index is 1.70. The summed E-state index contributed by atoms with van der Waals surface area (Å²) in [4.78, 5) is 36.7. The van der Waals surface area contributed by atoms with Crippen LogP contribution in [-0.2, 0) is 4.74 Å². The van der Waals surface area contributed by atoms with Crippen molar-refractivity contribution in [3.63, 3.8) is 0 Å². The van der Waals surface area contributed by atoms with Crippen molar-refractivity contribution in [2.45, 2.75) is 6.92 Å². The fraction of sp³-hybridized carbons (Fsp3) is 0.0870. The van der Waals surface area contributed by atoms with Gasteiger partial charge in [-0.1, -0.05) is 29.8 Å². The summed E-state index contributed by atoms with van der Waals surface area (Å²) in [7, 11) is 1.28. The van der Waals surface area contributed by atoms with Gasteiger partial charge in [-0.25, -0.2) is 4.79 Å². The summed E-state index contributed by atoms with van der Waals surface area (Å²) < 4.78 is 4.73. The summed E-state index contributed by atoms with van der Waals surface area (Å²) in [5, 5.41) is 5.50. The Morgan fingerprint density at radius 1 is 0.724 bits per heavy atom. The number of esters is 1. The fourth-order valence-corrected chi connectivity index (χ4v) is 2.69. The first-order valence-corrected chi connectivity index (χ1v) is 8.94. The molecule has 2 amide bonds. The topological polar surface area (TPSA) is 84.5 Å². The van der Waals surface area contributed by atoms with Crippen molar-refractivity contribution in [2.24, 2.45) is 0 Å². The molecule has 0 aliphatic rings. The average molecular weight is 388 g/mol. The summed E-state index contributed by atoms with van der Waals surface area (Å²) in [6.45, 7) is 1.97. The van der Waals surface area contributed by atoms with E-state index < -0.39 is 11.9 Å². The normalized spacial score (nSPS) is 10.1. The summed E-state index contributed by atoms with van der Waals surface area (Å²) in [5.74, 6) is -1.20. The van der Waals surface area contributed by atoms with E-state index in [2.05, 4.69) is 10.6 Å². The molecule has 146 valence electrons. The van der Waals surface area contributed by atoms with Crippen molar-refractivity contribution >= 4 is 29.2 Å². The maximum Gasteiger partial charge on any atom is 0.339 e. The molecule has 0 unspecified atom stereocenters. The van der Waals surface area contributed by atoms with Crippen LogP contribution in [0.1, 0.15) is 36.6 Å². The van der Waals surface area contributed by atoms with Crippen LogP contribution >= 0.6 is 0 Å². The number of para-hydroxylation sites is 1. The number of ether oxygens (including phenoxy) is 1. The minimum absolute atomic E-state index is 0.262. The number of nitrogens with one attached hydrogen (secondary N) is 2. The highest BCUT2D eigenvalue weighted by molar-refractivity contribution is 6.09. The quantitative estimate of drug-likeness (QED) is 0.639. The lowest BCUT2D eigenvalue weighted by molar-refractivity contribution is 0.0601. The minimum Gasteiger partial charge on any atom is -0.465 e. The van der Waals surface area contributed by atoms with Gasteiger partial charge in [-0.3, -0.25) is 9.59 Å². The number of carbonyl (C=O) groups is 3. The molecule has 3 aromatic rings. The van der Waals surface area contributed by atoms with Crippen LogP contribution in [0.5, 0.6) is 0 Å². The largest absolute Gasteiger partial charge is 0.465 e. The second-order valence-electron chi connectivity index (χ2n) is 6.39. The Morgan fingerprint density at radius 3 is 1.86 bits per heavy atom. The number of rotatable bonds is 5. The number of hydrogen-bond donors (Lipinski definition) is 2. The molecule has 0 fully saturated rings. The van der Waals surface area contributed by atoms with Gasteiger partial charge in [0.25, 0.3) is 11.8 Å². The number of amides is 2. The molecule has 29 heavy (non-hydrogen) atoms. The molecule has 3 rings (SSSR count). The van der Waals surface area contributed by atoms with Crippen molar-refractivity contribution in [3.8, 4) is 0 Å². The molecule has 0 aliphatic carbocycles. The number of anilines is 2. The van der Waals surface area contributed by atoms with E-state index in [1.165, 1.54) is 7.11 Å². The average Bonchev–Trinajstić information content (AvgIpc) is 2.75. The SMILES string of the molecule is COC(=O)c1ccccc1NC(=O)c1ccc(C(=O)Nc2ccc(C)cc2)cc1. The van der Waals surface area contributed by atoms with Crippen LogP contribution in [0.2, 0.25) is 0 Å². The molecular formula is C23H20N2O4. The van der Waals surface area contributed by atoms with Crippen molar-refractivity contribution in [3.05, 3.63) is 95.1 Å². The minimum atomic E-state index is -0.538. The van der Waals surface area contributed by atoms with Gasteiger partial charge in [0.15, 0.2) is 0 Å². The van der Waals surface area contributed by atoms with E-state index in [1.807, 2.05) is 31.2 Å². The van der Waals surface area contributed by atoms with Crippen molar-refractivity contribution in [1.29, 1.82) is 0 Å². The van der Waals surface area contributed by atoms with Gasteiger partial charge in [0, 0.05) is 16.8 Å². The molecule has 0 spiro atoms. The Hall–Kier alpha value is -3.93. The number of carbonyl (C=O) groups excluding carboxylic acids is 3. The van der Waals surface area contributed by atoms with Crippen LogP contribution in [0.4, 0.5) is 11.4 Å². The summed E-state index contributed by atoms with van der Waals surface area (Å²) in [5.41, 5.74) is 3.20. The molecule has 0 heterocycles. The van der Waals surface area contributed by atoms with Gasteiger partial charge in [-0.05, 0) is 55.5 Å². The molecule has 0 bridgehead atoms. The molecular weight excluding hydrogens is 368 g/mol. The fourth-order valence-electron chi connectivity index (χ4n) is 2.69. The Morgan fingerprint density at radius 2 is 1.28 bits per heavy atom. The predicted octanol–water partition coefficient (Wildman–Crippen LogP) is 4.29. The maximum atomic E-state index is 12.5. The highest BCUT2D eigenvalue weighted by Gasteiger charge is 2.15. The maximum absolute atomic E-state index is 12.5. The summed E-state index contributed by atoms with van der Waals surface area (Å²) in [6, 6.07) is 20.3. The van der Waals surface area contributed by atoms with Crippen LogP contribution in [0.25, 0.3) is 0 Å². The number of methoxy groups -OCH3 is 1. The van der Waals surface area contributed by atoms with E-state index in [1.54, 1.807) is 48.5 Å². The lowest BCUT2D eigenvalue weighted by Gasteiger charge is -2.10. The second-order valence-corrected chi connectivity index (χ2v) is 6.39. The molecule has 0 atom stereocenters. The van der Waals surface area contributed by atoms with Crippen LogP contribution in [-0.4, -0.2) is 24.9 Å². The zero-order valence-corrected chi connectivity index (χ0v) is 16.1. The van der Waals surface area contributed by atoms with Gasteiger partial charge in [0.2, 0.25) is 0 Å². The molecule has 3 aromatic carbocycles. The van der Waals surface area contributed by atoms with E-state index in [4.69, 9.17) is 4.74 Å². The highest BCUT2D eigenvalue weighted by atomic mass is 16.5. The smallest absolute Gasteiger partial charge is 0.339 e. The van der Waals surface area contributed by atoms with Crippen molar-refractivity contribution in [1.82, 2.24) is 0 Å². The summed E-state index contributed by atoms with van der Waals surface area (Å²) in [6.07, 6.45) is 0. The van der Waals surface area contributed by atoms with Crippen LogP contribution in [0.15, 0.2) is 72.8 Å². The standard InChI is InChI=1S/C23H20N2O4/c1-15-7-13-18(14-8-15)24-21(26)16-9-11-17(12-10-16)22(27)25-20-6-4-3-5-19(20)23(28)29-2/h3-14H,1-2H3,(H,24,26)(H,25,27). The molecule has 6 heteroatoms. The monoisotopic (exact) mass is 388 g/mol. The molecule has 6 nitrogen and oxygen atoms in total. The number of benzene rings is 3. The lowest BCUT2D eigenvalue weighted by atomic mass is 10.1. The van der Waals surface area contributed by atoms with E-state index in [-0.39, 0.29) is 11.5 Å². The van der Waals surface area contributed by atoms with E-state index in [0.717, 1.165) is 5.56 Å². The van der Waals surface area contributed by atoms with Crippen LogP contribution in [0.3, 0.4) is 0 Å². The van der Waals surface area contributed by atoms with Crippen LogP contribution in [0, 0.1) is 6.92 Å². The first kappa shape index (κ1) is 19.8. The van der Waals surface area contributed by atoms with E-state index >= 15 is 0 Å². The Bertz CT molecular complexity index is 1040. The van der Waals surface area contributed by atoms with E-state index in [9.17, 15) is 14.4 Å².